The molecule has 0 fully saturated rings. The lowest BCUT2D eigenvalue weighted by Crippen LogP contribution is -2.13. The van der Waals surface area contributed by atoms with Gasteiger partial charge in [0.15, 0.2) is 0 Å². The minimum atomic E-state index is -0.0707. The monoisotopic (exact) mass is 183 g/mol. The zero-order valence-electron chi connectivity index (χ0n) is 8.88. The smallest absolute Gasteiger partial charge is 0.233 e. The van der Waals surface area contributed by atoms with E-state index in [9.17, 15) is 0 Å². The molecule has 1 heterocycles. The van der Waals surface area contributed by atoms with Crippen LogP contribution in [0.25, 0.3) is 0 Å². The van der Waals surface area contributed by atoms with Crippen molar-refractivity contribution in [3.8, 4) is 0 Å². The molecule has 1 atom stereocenters. The maximum atomic E-state index is 5.52. The molecular weight excluding hydrogens is 166 g/mol. The Balaban J connectivity index is 2.87. The molecule has 1 rings (SSSR count). The van der Waals surface area contributed by atoms with Gasteiger partial charge >= 0.3 is 0 Å². The van der Waals surface area contributed by atoms with Crippen LogP contribution in [0, 0.1) is 0 Å². The number of rotatable bonds is 2. The molecule has 0 spiro atoms. The van der Waals surface area contributed by atoms with E-state index in [0.29, 0.717) is 11.8 Å². The largest absolute Gasteiger partial charge is 0.423 e. The Morgan fingerprint density at radius 2 is 1.92 bits per heavy atom. The fourth-order valence-corrected chi connectivity index (χ4v) is 0.836. The van der Waals surface area contributed by atoms with Crippen LogP contribution < -0.4 is 5.32 Å². The van der Waals surface area contributed by atoms with Crippen LogP contribution in [0.5, 0.6) is 0 Å². The number of aromatic nitrogens is 2. The van der Waals surface area contributed by atoms with Gasteiger partial charge in [0.2, 0.25) is 11.8 Å². The highest BCUT2D eigenvalue weighted by atomic mass is 16.4. The Morgan fingerprint density at radius 1 is 1.31 bits per heavy atom. The average Bonchev–Trinajstić information content (AvgIpc) is 2.50. The SMILES string of the molecule is CN[C@@H](C)c1nnc(C(C)(C)C)o1. The van der Waals surface area contributed by atoms with Crippen LogP contribution >= 0.6 is 0 Å². The first kappa shape index (κ1) is 10.2. The molecule has 0 radical (unpaired) electrons. The first-order valence-electron chi connectivity index (χ1n) is 4.46. The molecule has 0 aromatic carbocycles. The van der Waals surface area contributed by atoms with Crippen LogP contribution in [0.2, 0.25) is 0 Å². The molecule has 1 N–H and O–H groups in total. The lowest BCUT2D eigenvalue weighted by molar-refractivity contribution is 0.350. The number of nitrogens with one attached hydrogen (secondary N) is 1. The highest BCUT2D eigenvalue weighted by Gasteiger charge is 2.22. The second-order valence-electron chi connectivity index (χ2n) is 4.21. The van der Waals surface area contributed by atoms with Crippen molar-refractivity contribution in [3.63, 3.8) is 0 Å². The van der Waals surface area contributed by atoms with Gasteiger partial charge in [0.1, 0.15) is 0 Å². The molecule has 0 bridgehead atoms. The van der Waals surface area contributed by atoms with Crippen LogP contribution in [0.1, 0.15) is 45.5 Å². The summed E-state index contributed by atoms with van der Waals surface area (Å²) in [5.41, 5.74) is -0.0707. The molecule has 0 amide bonds. The van der Waals surface area contributed by atoms with Gasteiger partial charge in [-0.15, -0.1) is 10.2 Å². The molecule has 4 nitrogen and oxygen atoms in total. The van der Waals surface area contributed by atoms with Gasteiger partial charge in [-0.1, -0.05) is 20.8 Å². The summed E-state index contributed by atoms with van der Waals surface area (Å²) in [7, 11) is 1.87. The van der Waals surface area contributed by atoms with Crippen molar-refractivity contribution < 1.29 is 4.42 Å². The molecule has 13 heavy (non-hydrogen) atoms. The molecule has 1 aromatic heterocycles. The Labute approximate surface area is 78.7 Å². The van der Waals surface area contributed by atoms with E-state index >= 15 is 0 Å². The summed E-state index contributed by atoms with van der Waals surface area (Å²) in [5.74, 6) is 1.33. The summed E-state index contributed by atoms with van der Waals surface area (Å²) in [4.78, 5) is 0. The van der Waals surface area contributed by atoms with Gasteiger partial charge in [0, 0.05) is 5.41 Å². The fraction of sp³-hybridized carbons (Fsp3) is 0.778. The maximum Gasteiger partial charge on any atom is 0.233 e. The summed E-state index contributed by atoms with van der Waals surface area (Å²) in [6.45, 7) is 8.14. The molecule has 1 aromatic rings. The molecule has 0 aliphatic carbocycles. The first-order valence-corrected chi connectivity index (χ1v) is 4.46. The third-order valence-corrected chi connectivity index (χ3v) is 1.89. The quantitative estimate of drug-likeness (QED) is 0.757. The van der Waals surface area contributed by atoms with Crippen molar-refractivity contribution in [1.29, 1.82) is 0 Å². The van der Waals surface area contributed by atoms with E-state index in [1.165, 1.54) is 0 Å². The zero-order valence-corrected chi connectivity index (χ0v) is 8.88. The van der Waals surface area contributed by atoms with E-state index < -0.39 is 0 Å². The summed E-state index contributed by atoms with van der Waals surface area (Å²) in [6.07, 6.45) is 0. The second-order valence-corrected chi connectivity index (χ2v) is 4.21. The average molecular weight is 183 g/mol. The van der Waals surface area contributed by atoms with Crippen molar-refractivity contribution in [2.75, 3.05) is 7.05 Å². The Morgan fingerprint density at radius 3 is 2.31 bits per heavy atom. The lowest BCUT2D eigenvalue weighted by atomic mass is 9.97. The van der Waals surface area contributed by atoms with Crippen molar-refractivity contribution in [1.82, 2.24) is 15.5 Å². The third-order valence-electron chi connectivity index (χ3n) is 1.89. The highest BCUT2D eigenvalue weighted by Crippen LogP contribution is 2.22. The van der Waals surface area contributed by atoms with Crippen molar-refractivity contribution in [2.45, 2.75) is 39.2 Å². The van der Waals surface area contributed by atoms with Crippen LogP contribution in [-0.4, -0.2) is 17.2 Å². The van der Waals surface area contributed by atoms with Gasteiger partial charge in [-0.25, -0.2) is 0 Å². The summed E-state index contributed by atoms with van der Waals surface area (Å²) in [6, 6.07) is 0.114. The summed E-state index contributed by atoms with van der Waals surface area (Å²) < 4.78 is 5.52. The Kier molecular flexibility index (Phi) is 2.71. The predicted molar refractivity (Wildman–Crippen MR) is 50.5 cm³/mol. The lowest BCUT2D eigenvalue weighted by Gasteiger charge is -2.11. The van der Waals surface area contributed by atoms with E-state index in [1.54, 1.807) is 0 Å². The summed E-state index contributed by atoms with van der Waals surface area (Å²) >= 11 is 0. The Bertz CT molecular complexity index is 275. The van der Waals surface area contributed by atoms with Crippen LogP contribution in [0.3, 0.4) is 0 Å². The fourth-order valence-electron chi connectivity index (χ4n) is 0.836. The molecular formula is C9H17N3O. The molecule has 0 aliphatic heterocycles. The van der Waals surface area contributed by atoms with Crippen molar-refractivity contribution >= 4 is 0 Å². The van der Waals surface area contributed by atoms with Gasteiger partial charge in [-0.2, -0.15) is 0 Å². The zero-order chi connectivity index (χ0) is 10.1. The van der Waals surface area contributed by atoms with Crippen LogP contribution in [0.15, 0.2) is 4.42 Å². The van der Waals surface area contributed by atoms with Gasteiger partial charge in [0.25, 0.3) is 0 Å². The first-order chi connectivity index (χ1) is 5.95. The molecule has 4 heteroatoms. The van der Waals surface area contributed by atoms with Gasteiger partial charge in [-0.05, 0) is 14.0 Å². The number of nitrogens with zero attached hydrogens (tertiary/aromatic N) is 2. The molecule has 74 valence electrons. The van der Waals surface area contributed by atoms with E-state index in [4.69, 9.17) is 4.42 Å². The summed E-state index contributed by atoms with van der Waals surface area (Å²) in [5, 5.41) is 11.0. The normalized spacial score (nSPS) is 14.5. The molecule has 0 saturated heterocycles. The van der Waals surface area contributed by atoms with Crippen LogP contribution in [0.4, 0.5) is 0 Å². The predicted octanol–water partition coefficient (Wildman–Crippen LogP) is 1.65. The number of hydrogen-bond acceptors (Lipinski definition) is 4. The second kappa shape index (κ2) is 3.46. The molecule has 0 unspecified atom stereocenters. The van der Waals surface area contributed by atoms with E-state index in [-0.39, 0.29) is 11.5 Å². The third kappa shape index (κ3) is 2.28. The van der Waals surface area contributed by atoms with Crippen molar-refractivity contribution in [2.24, 2.45) is 0 Å². The minimum absolute atomic E-state index is 0.0707. The van der Waals surface area contributed by atoms with E-state index in [1.807, 2.05) is 34.7 Å². The van der Waals surface area contributed by atoms with E-state index in [0.717, 1.165) is 0 Å². The topological polar surface area (TPSA) is 51.0 Å². The van der Waals surface area contributed by atoms with Gasteiger partial charge in [-0.3, -0.25) is 0 Å². The Hall–Kier alpha value is -0.900. The van der Waals surface area contributed by atoms with Crippen LogP contribution in [-0.2, 0) is 5.41 Å². The van der Waals surface area contributed by atoms with Crippen molar-refractivity contribution in [3.05, 3.63) is 11.8 Å². The minimum Gasteiger partial charge on any atom is -0.423 e. The molecule has 0 aliphatic rings. The van der Waals surface area contributed by atoms with Gasteiger partial charge in [0.05, 0.1) is 6.04 Å². The standard InChI is InChI=1S/C9H17N3O/c1-6(10-5)7-11-12-8(13-7)9(2,3)4/h6,10H,1-5H3/t6-/m0/s1. The van der Waals surface area contributed by atoms with E-state index in [2.05, 4.69) is 15.5 Å². The maximum absolute atomic E-state index is 5.52. The number of hydrogen-bond donors (Lipinski definition) is 1. The van der Waals surface area contributed by atoms with Gasteiger partial charge < -0.3 is 9.73 Å². The molecule has 0 saturated carbocycles. The highest BCUT2D eigenvalue weighted by molar-refractivity contribution is 4.97.